The van der Waals surface area contributed by atoms with E-state index in [0.29, 0.717) is 12.1 Å². The third-order valence-corrected chi connectivity index (χ3v) is 7.14. The predicted octanol–water partition coefficient (Wildman–Crippen LogP) is 4.51. The molecule has 0 spiro atoms. The van der Waals surface area contributed by atoms with Gasteiger partial charge in [0.1, 0.15) is 0 Å². The number of nitrogens with zero attached hydrogens (tertiary/aromatic N) is 3. The van der Waals surface area contributed by atoms with Crippen molar-refractivity contribution in [1.29, 1.82) is 0 Å². The first-order chi connectivity index (χ1) is 14.6. The molecule has 0 bridgehead atoms. The van der Waals surface area contributed by atoms with Gasteiger partial charge < -0.3 is 9.80 Å². The van der Waals surface area contributed by atoms with Crippen LogP contribution in [0.25, 0.3) is 0 Å². The molecule has 2 aliphatic carbocycles. The highest BCUT2D eigenvalue weighted by molar-refractivity contribution is 5.95. The highest BCUT2D eigenvalue weighted by atomic mass is 16.2. The minimum Gasteiger partial charge on any atom is -0.369 e. The number of benzene rings is 2. The molecule has 0 aromatic heterocycles. The Morgan fingerprint density at radius 2 is 1.63 bits per heavy atom. The van der Waals surface area contributed by atoms with Crippen LogP contribution in [0.5, 0.6) is 0 Å². The Morgan fingerprint density at radius 1 is 0.933 bits per heavy atom. The van der Waals surface area contributed by atoms with E-state index >= 15 is 0 Å². The van der Waals surface area contributed by atoms with Gasteiger partial charge in [-0.25, -0.2) is 0 Å². The van der Waals surface area contributed by atoms with E-state index in [4.69, 9.17) is 0 Å². The zero-order valence-electron chi connectivity index (χ0n) is 18.3. The van der Waals surface area contributed by atoms with Crippen LogP contribution in [-0.4, -0.2) is 54.0 Å². The largest absolute Gasteiger partial charge is 0.369 e. The first-order valence-corrected chi connectivity index (χ1v) is 11.6. The van der Waals surface area contributed by atoms with Gasteiger partial charge >= 0.3 is 0 Å². The van der Waals surface area contributed by atoms with Crippen LogP contribution in [0.4, 0.5) is 5.69 Å². The molecule has 1 saturated carbocycles. The van der Waals surface area contributed by atoms with E-state index in [1.165, 1.54) is 16.8 Å². The van der Waals surface area contributed by atoms with E-state index in [1.807, 2.05) is 12.1 Å². The van der Waals surface area contributed by atoms with Crippen LogP contribution in [0.1, 0.15) is 60.6 Å². The first kappa shape index (κ1) is 19.6. The van der Waals surface area contributed by atoms with Gasteiger partial charge in [0, 0.05) is 49.5 Å². The summed E-state index contributed by atoms with van der Waals surface area (Å²) >= 11 is 0. The van der Waals surface area contributed by atoms with Crippen molar-refractivity contribution < 1.29 is 4.79 Å². The molecule has 1 heterocycles. The summed E-state index contributed by atoms with van der Waals surface area (Å²) in [6.07, 6.45) is 4.42. The summed E-state index contributed by atoms with van der Waals surface area (Å²) in [5, 5.41) is 0. The number of carbonyl (C=O) groups is 1. The van der Waals surface area contributed by atoms with Crippen LogP contribution in [0.3, 0.4) is 0 Å². The van der Waals surface area contributed by atoms with Crippen molar-refractivity contribution in [1.82, 2.24) is 9.80 Å². The normalized spacial score (nSPS) is 21.7. The lowest BCUT2D eigenvalue weighted by Gasteiger charge is -2.38. The van der Waals surface area contributed by atoms with Crippen molar-refractivity contribution in [2.45, 2.75) is 57.7 Å². The smallest absolute Gasteiger partial charge is 0.254 e. The number of fused-ring (bicyclic) bond motifs is 1. The van der Waals surface area contributed by atoms with E-state index in [1.54, 1.807) is 0 Å². The van der Waals surface area contributed by atoms with Gasteiger partial charge in [-0.1, -0.05) is 24.3 Å². The Morgan fingerprint density at radius 3 is 2.30 bits per heavy atom. The molecule has 1 atom stereocenters. The van der Waals surface area contributed by atoms with Gasteiger partial charge in [0.05, 0.1) is 6.04 Å². The fourth-order valence-electron chi connectivity index (χ4n) is 5.20. The first-order valence-electron chi connectivity index (χ1n) is 11.6. The molecule has 0 N–H and O–H groups in total. The zero-order chi connectivity index (χ0) is 20.7. The molecular weight excluding hydrogens is 370 g/mol. The molecule has 2 aromatic rings. The van der Waals surface area contributed by atoms with Gasteiger partial charge in [-0.15, -0.1) is 0 Å². The van der Waals surface area contributed by atoms with E-state index < -0.39 is 0 Å². The van der Waals surface area contributed by atoms with E-state index in [9.17, 15) is 4.79 Å². The summed E-state index contributed by atoms with van der Waals surface area (Å²) in [4.78, 5) is 20.7. The average molecular weight is 404 g/mol. The summed E-state index contributed by atoms with van der Waals surface area (Å²) in [6, 6.07) is 18.3. The monoisotopic (exact) mass is 403 g/mol. The van der Waals surface area contributed by atoms with E-state index in [-0.39, 0.29) is 11.9 Å². The second-order valence-corrected chi connectivity index (χ2v) is 9.36. The molecule has 1 aliphatic heterocycles. The molecule has 1 amide bonds. The summed E-state index contributed by atoms with van der Waals surface area (Å²) in [5.41, 5.74) is 4.84. The predicted molar refractivity (Wildman–Crippen MR) is 122 cm³/mol. The molecule has 1 unspecified atom stereocenters. The van der Waals surface area contributed by atoms with Crippen molar-refractivity contribution >= 4 is 11.6 Å². The van der Waals surface area contributed by atoms with Crippen LogP contribution >= 0.6 is 0 Å². The Hall–Kier alpha value is -2.33. The maximum absolute atomic E-state index is 13.5. The maximum Gasteiger partial charge on any atom is 0.254 e. The maximum atomic E-state index is 13.5. The molecule has 30 heavy (non-hydrogen) atoms. The van der Waals surface area contributed by atoms with E-state index in [2.05, 4.69) is 64.9 Å². The van der Waals surface area contributed by atoms with Gasteiger partial charge in [-0.3, -0.25) is 9.69 Å². The molecule has 4 heteroatoms. The minimum atomic E-state index is 0.204. The molecule has 1 saturated heterocycles. The van der Waals surface area contributed by atoms with Crippen LogP contribution in [-0.2, 0) is 6.42 Å². The van der Waals surface area contributed by atoms with Gasteiger partial charge in [0.2, 0.25) is 0 Å². The van der Waals surface area contributed by atoms with Crippen LogP contribution in [0.2, 0.25) is 0 Å². The van der Waals surface area contributed by atoms with Crippen molar-refractivity contribution in [3.05, 3.63) is 65.2 Å². The summed E-state index contributed by atoms with van der Waals surface area (Å²) in [7, 11) is 0. The summed E-state index contributed by atoms with van der Waals surface area (Å²) in [5.74, 6) is 0.204. The number of amides is 1. The Bertz CT molecular complexity index is 895. The van der Waals surface area contributed by atoms with Crippen molar-refractivity contribution in [3.8, 4) is 0 Å². The number of hydrogen-bond donors (Lipinski definition) is 0. The van der Waals surface area contributed by atoms with E-state index in [0.717, 1.165) is 57.4 Å². The van der Waals surface area contributed by atoms with Gasteiger partial charge in [0.25, 0.3) is 5.91 Å². The Labute approximate surface area is 180 Å². The number of hydrogen-bond acceptors (Lipinski definition) is 3. The van der Waals surface area contributed by atoms with Gasteiger partial charge in [-0.2, -0.15) is 0 Å². The molecule has 4 nitrogen and oxygen atoms in total. The number of anilines is 1. The average Bonchev–Trinajstić information content (AvgIpc) is 3.53. The lowest BCUT2D eigenvalue weighted by molar-refractivity contribution is 0.0658. The zero-order valence-corrected chi connectivity index (χ0v) is 18.3. The Balaban J connectivity index is 1.31. The standard InChI is InChI=1S/C26H33N3O/c1-19(2)27-15-17-28(18-16-27)22-10-7-21(8-11-22)26(30)29(23-12-13-23)25-14-9-20-5-3-4-6-24(20)25/h3-8,10-11,19,23,25H,9,12-18H2,1-2H3. The number of aryl methyl sites for hydroxylation is 1. The highest BCUT2D eigenvalue weighted by Gasteiger charge is 2.40. The highest BCUT2D eigenvalue weighted by Crippen LogP contribution is 2.42. The minimum absolute atomic E-state index is 0.204. The molecule has 2 fully saturated rings. The third-order valence-electron chi connectivity index (χ3n) is 7.14. The van der Waals surface area contributed by atoms with Crippen molar-refractivity contribution in [3.63, 3.8) is 0 Å². The molecule has 3 aliphatic rings. The van der Waals surface area contributed by atoms with Crippen LogP contribution in [0.15, 0.2) is 48.5 Å². The van der Waals surface area contributed by atoms with Crippen LogP contribution in [0, 0.1) is 0 Å². The number of piperazine rings is 1. The molecule has 0 radical (unpaired) electrons. The lowest BCUT2D eigenvalue weighted by Crippen LogP contribution is -2.48. The molecular formula is C26H33N3O. The lowest BCUT2D eigenvalue weighted by atomic mass is 10.0. The van der Waals surface area contributed by atoms with Crippen LogP contribution < -0.4 is 4.90 Å². The SMILES string of the molecule is CC(C)N1CCN(c2ccc(C(=O)N(C3CC3)C3CCc4ccccc43)cc2)CC1. The summed E-state index contributed by atoms with van der Waals surface area (Å²) in [6.45, 7) is 8.86. The third kappa shape index (κ3) is 3.74. The second kappa shape index (κ2) is 8.07. The van der Waals surface area contributed by atoms with Crippen molar-refractivity contribution in [2.24, 2.45) is 0 Å². The summed E-state index contributed by atoms with van der Waals surface area (Å²) < 4.78 is 0. The topological polar surface area (TPSA) is 26.8 Å². The Kier molecular flexibility index (Phi) is 5.28. The molecule has 2 aromatic carbocycles. The number of carbonyl (C=O) groups excluding carboxylic acids is 1. The molecule has 5 rings (SSSR count). The molecule has 158 valence electrons. The number of rotatable bonds is 5. The fourth-order valence-corrected chi connectivity index (χ4v) is 5.20. The van der Waals surface area contributed by atoms with Gasteiger partial charge in [-0.05, 0) is 74.9 Å². The quantitative estimate of drug-likeness (QED) is 0.735. The van der Waals surface area contributed by atoms with Gasteiger partial charge in [0.15, 0.2) is 0 Å². The second-order valence-electron chi connectivity index (χ2n) is 9.36. The van der Waals surface area contributed by atoms with Crippen molar-refractivity contribution in [2.75, 3.05) is 31.1 Å². The fraction of sp³-hybridized carbons (Fsp3) is 0.500.